The molecule has 0 radical (unpaired) electrons. The Balaban J connectivity index is 2.12. The van der Waals surface area contributed by atoms with Crippen molar-refractivity contribution in [1.29, 1.82) is 5.26 Å². The van der Waals surface area contributed by atoms with E-state index in [9.17, 15) is 0 Å². The largest absolute Gasteiger partial charge is 0.397 e. The monoisotopic (exact) mass is 229 g/mol. The molecule has 1 aromatic rings. The predicted molar refractivity (Wildman–Crippen MR) is 70.5 cm³/mol. The molecule has 1 fully saturated rings. The van der Waals surface area contributed by atoms with Crippen LogP contribution < -0.4 is 11.1 Å². The van der Waals surface area contributed by atoms with E-state index in [1.165, 1.54) is 12.8 Å². The van der Waals surface area contributed by atoms with Gasteiger partial charge in [-0.15, -0.1) is 0 Å². The fourth-order valence-electron chi connectivity index (χ4n) is 2.53. The fourth-order valence-corrected chi connectivity index (χ4v) is 2.53. The average Bonchev–Trinajstić information content (AvgIpc) is 2.63. The minimum Gasteiger partial charge on any atom is -0.397 e. The lowest BCUT2D eigenvalue weighted by molar-refractivity contribution is 0.435. The summed E-state index contributed by atoms with van der Waals surface area (Å²) >= 11 is 0. The van der Waals surface area contributed by atoms with Gasteiger partial charge in [-0.2, -0.15) is 5.26 Å². The Morgan fingerprint density at radius 3 is 2.65 bits per heavy atom. The number of nitrogens with one attached hydrogen (secondary N) is 1. The van der Waals surface area contributed by atoms with Crippen molar-refractivity contribution in [3.8, 4) is 6.07 Å². The number of nitriles is 1. The Labute approximate surface area is 103 Å². The van der Waals surface area contributed by atoms with Crippen molar-refractivity contribution in [1.82, 2.24) is 0 Å². The molecular formula is C14H19N3. The first-order valence-corrected chi connectivity index (χ1v) is 6.18. The van der Waals surface area contributed by atoms with Gasteiger partial charge in [0.1, 0.15) is 0 Å². The zero-order chi connectivity index (χ0) is 12.4. The molecule has 2 rings (SSSR count). The molecule has 3 nitrogen and oxygen atoms in total. The van der Waals surface area contributed by atoms with Gasteiger partial charge in [0.25, 0.3) is 0 Å². The van der Waals surface area contributed by atoms with Crippen molar-refractivity contribution in [2.24, 2.45) is 11.8 Å². The highest BCUT2D eigenvalue weighted by atomic mass is 14.9. The van der Waals surface area contributed by atoms with E-state index < -0.39 is 0 Å². The van der Waals surface area contributed by atoms with Gasteiger partial charge in [0.15, 0.2) is 0 Å². The SMILES string of the molecule is CC1CCC(Nc2ccc(C#N)cc2N)C1C. The zero-order valence-electron chi connectivity index (χ0n) is 10.4. The highest BCUT2D eigenvalue weighted by molar-refractivity contribution is 5.68. The third-order valence-corrected chi connectivity index (χ3v) is 3.99. The van der Waals surface area contributed by atoms with E-state index in [-0.39, 0.29) is 0 Å². The van der Waals surface area contributed by atoms with Gasteiger partial charge in [0, 0.05) is 6.04 Å². The summed E-state index contributed by atoms with van der Waals surface area (Å²) in [5, 5.41) is 12.3. The van der Waals surface area contributed by atoms with Crippen LogP contribution in [0.4, 0.5) is 11.4 Å². The Bertz CT molecular complexity index is 447. The second kappa shape index (κ2) is 4.67. The number of nitrogens with two attached hydrogens (primary N) is 1. The van der Waals surface area contributed by atoms with E-state index >= 15 is 0 Å². The molecule has 17 heavy (non-hydrogen) atoms. The van der Waals surface area contributed by atoms with Crippen molar-refractivity contribution in [2.75, 3.05) is 11.1 Å². The molecule has 0 heterocycles. The van der Waals surface area contributed by atoms with Crippen LogP contribution in [0.1, 0.15) is 32.3 Å². The quantitative estimate of drug-likeness (QED) is 0.766. The summed E-state index contributed by atoms with van der Waals surface area (Å²) in [6, 6.07) is 8.04. The van der Waals surface area contributed by atoms with Gasteiger partial charge in [0.2, 0.25) is 0 Å². The third kappa shape index (κ3) is 2.36. The van der Waals surface area contributed by atoms with Crippen LogP contribution in [0.25, 0.3) is 0 Å². The van der Waals surface area contributed by atoms with Crippen LogP contribution in [-0.2, 0) is 0 Å². The maximum atomic E-state index is 8.79. The molecule has 3 unspecified atom stereocenters. The van der Waals surface area contributed by atoms with Crippen LogP contribution in [0.5, 0.6) is 0 Å². The molecule has 3 N–H and O–H groups in total. The second-order valence-corrected chi connectivity index (χ2v) is 5.08. The molecule has 0 aliphatic heterocycles. The first kappa shape index (κ1) is 11.8. The van der Waals surface area contributed by atoms with Gasteiger partial charge >= 0.3 is 0 Å². The highest BCUT2D eigenvalue weighted by Crippen LogP contribution is 2.34. The Morgan fingerprint density at radius 2 is 2.12 bits per heavy atom. The van der Waals surface area contributed by atoms with Gasteiger partial charge in [-0.3, -0.25) is 0 Å². The summed E-state index contributed by atoms with van der Waals surface area (Å²) in [5.74, 6) is 1.44. The number of rotatable bonds is 2. The summed E-state index contributed by atoms with van der Waals surface area (Å²) in [6.45, 7) is 4.59. The fraction of sp³-hybridized carbons (Fsp3) is 0.500. The summed E-state index contributed by atoms with van der Waals surface area (Å²) < 4.78 is 0. The smallest absolute Gasteiger partial charge is 0.0992 e. The summed E-state index contributed by atoms with van der Waals surface area (Å²) in [6.07, 6.45) is 2.47. The van der Waals surface area contributed by atoms with Gasteiger partial charge in [-0.1, -0.05) is 13.8 Å². The summed E-state index contributed by atoms with van der Waals surface area (Å²) in [4.78, 5) is 0. The number of nitrogens with zero attached hydrogens (tertiary/aromatic N) is 1. The Kier molecular flexibility index (Phi) is 3.23. The lowest BCUT2D eigenvalue weighted by Gasteiger charge is -2.21. The number of hydrogen-bond acceptors (Lipinski definition) is 3. The number of anilines is 2. The molecular weight excluding hydrogens is 210 g/mol. The molecule has 0 aromatic heterocycles. The minimum absolute atomic E-state index is 0.500. The highest BCUT2D eigenvalue weighted by Gasteiger charge is 2.29. The van der Waals surface area contributed by atoms with E-state index in [0.717, 1.165) is 11.6 Å². The lowest BCUT2D eigenvalue weighted by Crippen LogP contribution is -2.24. The van der Waals surface area contributed by atoms with Crippen LogP contribution in [0.15, 0.2) is 18.2 Å². The van der Waals surface area contributed by atoms with Crippen molar-refractivity contribution < 1.29 is 0 Å². The standard InChI is InChI=1S/C14H19N3/c1-9-3-5-13(10(9)2)17-14-6-4-11(8-15)7-12(14)16/h4,6-7,9-10,13,17H,3,5,16H2,1-2H3. The van der Waals surface area contributed by atoms with Crippen LogP contribution in [0, 0.1) is 23.2 Å². The van der Waals surface area contributed by atoms with Gasteiger partial charge in [-0.25, -0.2) is 0 Å². The molecule has 90 valence electrons. The molecule has 0 amide bonds. The zero-order valence-corrected chi connectivity index (χ0v) is 10.4. The van der Waals surface area contributed by atoms with E-state index in [2.05, 4.69) is 25.2 Å². The first-order valence-electron chi connectivity index (χ1n) is 6.18. The maximum absolute atomic E-state index is 8.79. The van der Waals surface area contributed by atoms with Crippen molar-refractivity contribution in [3.05, 3.63) is 23.8 Å². The summed E-state index contributed by atoms with van der Waals surface area (Å²) in [7, 11) is 0. The van der Waals surface area contributed by atoms with Gasteiger partial charge in [0.05, 0.1) is 23.0 Å². The average molecular weight is 229 g/mol. The van der Waals surface area contributed by atoms with Crippen LogP contribution in [-0.4, -0.2) is 6.04 Å². The van der Waals surface area contributed by atoms with Crippen molar-refractivity contribution in [3.63, 3.8) is 0 Å². The molecule has 1 aromatic carbocycles. The molecule has 3 atom stereocenters. The van der Waals surface area contributed by atoms with Crippen LogP contribution in [0.2, 0.25) is 0 Å². The Morgan fingerprint density at radius 1 is 1.35 bits per heavy atom. The summed E-state index contributed by atoms with van der Waals surface area (Å²) in [5.41, 5.74) is 8.17. The van der Waals surface area contributed by atoms with E-state index in [0.29, 0.717) is 23.2 Å². The van der Waals surface area contributed by atoms with E-state index in [1.807, 2.05) is 12.1 Å². The Hall–Kier alpha value is -1.69. The van der Waals surface area contributed by atoms with Crippen molar-refractivity contribution in [2.45, 2.75) is 32.7 Å². The molecule has 0 saturated heterocycles. The topological polar surface area (TPSA) is 61.8 Å². The maximum Gasteiger partial charge on any atom is 0.0992 e. The van der Waals surface area contributed by atoms with Crippen LogP contribution >= 0.6 is 0 Å². The molecule has 1 saturated carbocycles. The lowest BCUT2D eigenvalue weighted by atomic mass is 9.97. The molecule has 1 aliphatic rings. The molecule has 1 aliphatic carbocycles. The number of hydrogen-bond donors (Lipinski definition) is 2. The van der Waals surface area contributed by atoms with Gasteiger partial charge < -0.3 is 11.1 Å². The number of nitrogen functional groups attached to an aromatic ring is 1. The van der Waals surface area contributed by atoms with Crippen LogP contribution in [0.3, 0.4) is 0 Å². The third-order valence-electron chi connectivity index (χ3n) is 3.99. The van der Waals surface area contributed by atoms with Crippen molar-refractivity contribution >= 4 is 11.4 Å². The van der Waals surface area contributed by atoms with E-state index in [1.54, 1.807) is 6.07 Å². The normalized spacial score (nSPS) is 27.7. The first-order chi connectivity index (χ1) is 8.11. The second-order valence-electron chi connectivity index (χ2n) is 5.08. The molecule has 0 bridgehead atoms. The predicted octanol–water partition coefficient (Wildman–Crippen LogP) is 2.99. The van der Waals surface area contributed by atoms with E-state index in [4.69, 9.17) is 11.0 Å². The minimum atomic E-state index is 0.500. The van der Waals surface area contributed by atoms with Gasteiger partial charge in [-0.05, 0) is 42.9 Å². The molecule has 3 heteroatoms. The molecule has 0 spiro atoms. The number of benzene rings is 1.